The van der Waals surface area contributed by atoms with Gasteiger partial charge in [0.1, 0.15) is 0 Å². The molecule has 34 heavy (non-hydrogen) atoms. The van der Waals surface area contributed by atoms with Gasteiger partial charge in [-0.1, -0.05) is 53.0 Å². The lowest BCUT2D eigenvalue weighted by atomic mass is 10.1. The molecule has 0 bridgehead atoms. The van der Waals surface area contributed by atoms with Crippen LogP contribution in [0.5, 0.6) is 0 Å². The Bertz CT molecular complexity index is 1290. The van der Waals surface area contributed by atoms with E-state index in [2.05, 4.69) is 21.0 Å². The average molecular weight is 512 g/mol. The van der Waals surface area contributed by atoms with E-state index in [1.54, 1.807) is 48.5 Å². The minimum absolute atomic E-state index is 0.285. The molecule has 0 aliphatic heterocycles. The van der Waals surface area contributed by atoms with Gasteiger partial charge in [-0.05, 0) is 55.5 Å². The number of aryl methyl sites for hydroxylation is 1. The molecule has 10 heteroatoms. The van der Waals surface area contributed by atoms with Gasteiger partial charge < -0.3 is 10.6 Å². The Morgan fingerprint density at radius 3 is 1.97 bits per heavy atom. The first kappa shape index (κ1) is 23.6. The number of hydrogen-bond donors (Lipinski definition) is 3. The topological polar surface area (TPSA) is 86.4 Å². The zero-order valence-corrected chi connectivity index (χ0v) is 20.2. The summed E-state index contributed by atoms with van der Waals surface area (Å²) in [5.74, 6) is 0. The minimum atomic E-state index is -0.624. The maximum atomic E-state index is 13.1. The number of carbonyl (C=O) groups excluding carboxylic acids is 2. The first-order valence-corrected chi connectivity index (χ1v) is 11.7. The maximum absolute atomic E-state index is 13.1. The monoisotopic (exact) mass is 511 g/mol. The Kier molecular flexibility index (Phi) is 7.32. The fourth-order valence-electron chi connectivity index (χ4n) is 2.92. The molecule has 0 spiro atoms. The number of aromatic nitrogens is 1. The summed E-state index contributed by atoms with van der Waals surface area (Å²) in [7, 11) is 0. The van der Waals surface area contributed by atoms with Crippen LogP contribution in [0.15, 0.2) is 78.2 Å². The molecule has 0 saturated carbocycles. The summed E-state index contributed by atoms with van der Waals surface area (Å²) in [4.78, 5) is 30.4. The van der Waals surface area contributed by atoms with E-state index in [1.807, 2.05) is 36.6 Å². The Balaban J connectivity index is 1.57. The maximum Gasteiger partial charge on any atom is 0.347 e. The third-order valence-corrected chi connectivity index (χ3v) is 5.97. The predicted octanol–water partition coefficient (Wildman–Crippen LogP) is 7.20. The number of amides is 4. The van der Waals surface area contributed by atoms with Gasteiger partial charge in [-0.25, -0.2) is 20.0 Å². The standard InChI is InChI=1S/C24H19Cl2N5O2S/c1-15-2-4-16(5-3-15)21-14-34-24(29-21)31(23(33)28-20-12-8-18(26)9-13-20)30-22(32)27-19-10-6-17(25)7-11-19/h2-14H,1H3,(H,28,33)(H2,27,30,32). The number of nitrogens with one attached hydrogen (secondary N) is 3. The molecular formula is C24H19Cl2N5O2S. The summed E-state index contributed by atoms with van der Waals surface area (Å²) >= 11 is 13.0. The second-order valence-electron chi connectivity index (χ2n) is 7.23. The number of hydrogen-bond acceptors (Lipinski definition) is 4. The van der Waals surface area contributed by atoms with Crippen LogP contribution in [0.25, 0.3) is 11.3 Å². The van der Waals surface area contributed by atoms with Gasteiger partial charge in [-0.2, -0.15) is 5.01 Å². The van der Waals surface area contributed by atoms with E-state index in [0.29, 0.717) is 27.1 Å². The summed E-state index contributed by atoms with van der Waals surface area (Å²) in [6, 6.07) is 19.9. The third-order valence-electron chi connectivity index (χ3n) is 4.64. The first-order chi connectivity index (χ1) is 16.4. The van der Waals surface area contributed by atoms with Crippen molar-refractivity contribution in [3.05, 3.63) is 93.8 Å². The summed E-state index contributed by atoms with van der Waals surface area (Å²) in [5, 5.41) is 9.65. The van der Waals surface area contributed by atoms with Gasteiger partial charge in [0, 0.05) is 32.4 Å². The molecule has 4 aromatic rings. The Morgan fingerprint density at radius 1 is 0.824 bits per heavy atom. The van der Waals surface area contributed by atoms with Crippen LogP contribution < -0.4 is 21.1 Å². The highest BCUT2D eigenvalue weighted by Crippen LogP contribution is 2.28. The van der Waals surface area contributed by atoms with Crippen LogP contribution in [0.4, 0.5) is 26.1 Å². The van der Waals surface area contributed by atoms with E-state index in [-0.39, 0.29) is 5.13 Å². The Labute approximate surface area is 210 Å². The number of carbonyl (C=O) groups is 2. The molecule has 7 nitrogen and oxygen atoms in total. The van der Waals surface area contributed by atoms with Crippen LogP contribution >= 0.6 is 34.5 Å². The summed E-state index contributed by atoms with van der Waals surface area (Å²) in [6.07, 6.45) is 0. The Morgan fingerprint density at radius 2 is 1.38 bits per heavy atom. The fraction of sp³-hybridized carbons (Fsp3) is 0.0417. The molecular weight excluding hydrogens is 493 g/mol. The lowest BCUT2D eigenvalue weighted by Gasteiger charge is -2.21. The van der Waals surface area contributed by atoms with Crippen molar-refractivity contribution in [2.75, 3.05) is 15.6 Å². The van der Waals surface area contributed by atoms with E-state index in [1.165, 1.54) is 11.3 Å². The molecule has 4 amide bonds. The number of rotatable bonds is 4. The van der Waals surface area contributed by atoms with Gasteiger partial charge in [0.25, 0.3) is 0 Å². The number of nitrogens with zero attached hydrogens (tertiary/aromatic N) is 2. The molecule has 0 fully saturated rings. The summed E-state index contributed by atoms with van der Waals surface area (Å²) in [6.45, 7) is 2.00. The average Bonchev–Trinajstić information content (AvgIpc) is 3.31. The molecule has 172 valence electrons. The molecule has 0 radical (unpaired) electrons. The normalized spacial score (nSPS) is 10.4. The lowest BCUT2D eigenvalue weighted by Crippen LogP contribution is -2.50. The quantitative estimate of drug-likeness (QED) is 0.253. The van der Waals surface area contributed by atoms with Crippen molar-refractivity contribution in [1.29, 1.82) is 0 Å². The molecule has 0 atom stereocenters. The largest absolute Gasteiger partial charge is 0.347 e. The second-order valence-corrected chi connectivity index (χ2v) is 8.94. The van der Waals surface area contributed by atoms with Gasteiger partial charge in [0.15, 0.2) is 0 Å². The number of anilines is 3. The van der Waals surface area contributed by atoms with E-state index in [0.717, 1.165) is 16.1 Å². The molecule has 0 saturated heterocycles. The van der Waals surface area contributed by atoms with Gasteiger partial charge in [0.05, 0.1) is 5.69 Å². The molecule has 1 heterocycles. The number of thiazole rings is 1. The third kappa shape index (κ3) is 6.05. The van der Waals surface area contributed by atoms with Gasteiger partial charge in [0.2, 0.25) is 5.13 Å². The van der Waals surface area contributed by atoms with E-state index < -0.39 is 12.1 Å². The first-order valence-electron chi connectivity index (χ1n) is 10.1. The molecule has 0 aliphatic rings. The number of halogens is 2. The van der Waals surface area contributed by atoms with Crippen molar-refractivity contribution < 1.29 is 9.59 Å². The summed E-state index contributed by atoms with van der Waals surface area (Å²) < 4.78 is 0. The number of urea groups is 2. The molecule has 1 aromatic heterocycles. The minimum Gasteiger partial charge on any atom is -0.307 e. The highest BCUT2D eigenvalue weighted by molar-refractivity contribution is 7.14. The van der Waals surface area contributed by atoms with Crippen LogP contribution in [0.1, 0.15) is 5.56 Å². The number of hydrazine groups is 1. The van der Waals surface area contributed by atoms with Gasteiger partial charge in [-0.15, -0.1) is 11.3 Å². The van der Waals surface area contributed by atoms with Crippen LogP contribution in [0.3, 0.4) is 0 Å². The number of benzene rings is 3. The van der Waals surface area contributed by atoms with Crippen LogP contribution in [0.2, 0.25) is 10.0 Å². The zero-order valence-electron chi connectivity index (χ0n) is 17.9. The van der Waals surface area contributed by atoms with Crippen molar-refractivity contribution in [2.45, 2.75) is 6.92 Å². The highest BCUT2D eigenvalue weighted by Gasteiger charge is 2.22. The smallest absolute Gasteiger partial charge is 0.307 e. The van der Waals surface area contributed by atoms with E-state index in [9.17, 15) is 9.59 Å². The van der Waals surface area contributed by atoms with Crippen molar-refractivity contribution >= 4 is 63.1 Å². The van der Waals surface area contributed by atoms with Gasteiger partial charge >= 0.3 is 12.1 Å². The second kappa shape index (κ2) is 10.6. The van der Waals surface area contributed by atoms with Crippen molar-refractivity contribution in [3.8, 4) is 11.3 Å². The zero-order chi connectivity index (χ0) is 24.1. The predicted molar refractivity (Wildman–Crippen MR) is 139 cm³/mol. The van der Waals surface area contributed by atoms with Crippen LogP contribution in [-0.4, -0.2) is 17.0 Å². The van der Waals surface area contributed by atoms with E-state index in [4.69, 9.17) is 23.2 Å². The molecule has 3 aromatic carbocycles. The van der Waals surface area contributed by atoms with Crippen LogP contribution in [0, 0.1) is 6.92 Å². The molecule has 3 N–H and O–H groups in total. The highest BCUT2D eigenvalue weighted by atomic mass is 35.5. The van der Waals surface area contributed by atoms with Gasteiger partial charge in [-0.3, -0.25) is 0 Å². The Hall–Kier alpha value is -3.59. The fourth-order valence-corrected chi connectivity index (χ4v) is 3.96. The molecule has 0 aliphatic carbocycles. The lowest BCUT2D eigenvalue weighted by molar-refractivity contribution is 0.243. The van der Waals surface area contributed by atoms with E-state index >= 15 is 0 Å². The molecule has 0 unspecified atom stereocenters. The SMILES string of the molecule is Cc1ccc(-c2csc(N(NC(=O)Nc3ccc(Cl)cc3)C(=O)Nc3ccc(Cl)cc3)n2)cc1. The van der Waals surface area contributed by atoms with Crippen molar-refractivity contribution in [1.82, 2.24) is 10.4 Å². The van der Waals surface area contributed by atoms with Crippen molar-refractivity contribution in [2.24, 2.45) is 0 Å². The van der Waals surface area contributed by atoms with Crippen molar-refractivity contribution in [3.63, 3.8) is 0 Å². The van der Waals surface area contributed by atoms with Crippen LogP contribution in [-0.2, 0) is 0 Å². The molecule has 4 rings (SSSR count). The summed E-state index contributed by atoms with van der Waals surface area (Å²) in [5.41, 5.74) is 6.30.